The van der Waals surface area contributed by atoms with Crippen LogP contribution in [0.1, 0.15) is 31.4 Å². The first kappa shape index (κ1) is 23.9. The molecule has 2 aliphatic rings. The summed E-state index contributed by atoms with van der Waals surface area (Å²) in [4.78, 5) is 38.0. The highest BCUT2D eigenvalue weighted by Crippen LogP contribution is 2.35. The van der Waals surface area contributed by atoms with E-state index in [0.717, 1.165) is 25.1 Å². The number of rotatable bonds is 6. The molecule has 1 atom stereocenters. The number of pyridine rings is 1. The second-order valence-corrected chi connectivity index (χ2v) is 10.1. The fourth-order valence-electron chi connectivity index (χ4n) is 4.17. The monoisotopic (exact) mass is 487 g/mol. The van der Waals surface area contributed by atoms with Crippen LogP contribution in [-0.2, 0) is 4.79 Å². The van der Waals surface area contributed by atoms with Gasteiger partial charge in [-0.1, -0.05) is 37.0 Å². The number of aryl methyl sites for hydroxylation is 1. The van der Waals surface area contributed by atoms with Gasteiger partial charge in [0.25, 0.3) is 11.5 Å². The normalized spacial score (nSPS) is 19.8. The lowest BCUT2D eigenvalue weighted by Crippen LogP contribution is -2.48. The number of amides is 1. The molecule has 0 bridgehead atoms. The maximum Gasteiger partial charge on any atom is 0.267 e. The summed E-state index contributed by atoms with van der Waals surface area (Å²) in [7, 11) is 0. The molecule has 4 heterocycles. The van der Waals surface area contributed by atoms with Gasteiger partial charge in [-0.25, -0.2) is 4.98 Å². The van der Waals surface area contributed by atoms with E-state index in [1.54, 1.807) is 21.6 Å². The number of nitrogens with zero attached hydrogens (tertiary/aromatic N) is 5. The molecule has 2 aromatic heterocycles. The van der Waals surface area contributed by atoms with Gasteiger partial charge >= 0.3 is 0 Å². The highest BCUT2D eigenvalue weighted by atomic mass is 32.2. The minimum absolute atomic E-state index is 0.000878. The molecule has 2 aliphatic heterocycles. The van der Waals surface area contributed by atoms with Crippen molar-refractivity contribution in [2.24, 2.45) is 0 Å². The molecule has 0 aromatic carbocycles. The fraction of sp³-hybridized carbons (Fsp3) is 0.478. The van der Waals surface area contributed by atoms with Crippen molar-refractivity contribution >= 4 is 51.7 Å². The molecule has 0 saturated carbocycles. The maximum absolute atomic E-state index is 13.6. The summed E-state index contributed by atoms with van der Waals surface area (Å²) < 4.78 is 2.06. The van der Waals surface area contributed by atoms with E-state index in [1.165, 1.54) is 11.8 Å². The number of hydrogen-bond acceptors (Lipinski definition) is 8. The van der Waals surface area contributed by atoms with Crippen LogP contribution in [0.4, 0.5) is 5.82 Å². The lowest BCUT2D eigenvalue weighted by atomic mass is 10.2. The Kier molecular flexibility index (Phi) is 7.18. The molecule has 4 rings (SSSR count). The maximum atomic E-state index is 13.6. The van der Waals surface area contributed by atoms with Gasteiger partial charge in [-0.2, -0.15) is 0 Å². The van der Waals surface area contributed by atoms with Crippen molar-refractivity contribution in [2.45, 2.75) is 33.2 Å². The number of carbonyl (C=O) groups excluding carboxylic acids is 1. The Morgan fingerprint density at radius 1 is 1.27 bits per heavy atom. The number of aromatic nitrogens is 2. The molecule has 2 aromatic rings. The highest BCUT2D eigenvalue weighted by molar-refractivity contribution is 8.26. The molecular formula is C23H29N5O3S2. The van der Waals surface area contributed by atoms with Gasteiger partial charge in [-0.3, -0.25) is 23.8 Å². The van der Waals surface area contributed by atoms with E-state index in [-0.39, 0.29) is 24.1 Å². The van der Waals surface area contributed by atoms with Gasteiger partial charge in [-0.05, 0) is 38.0 Å². The number of hydrogen-bond donors (Lipinski definition) is 1. The van der Waals surface area contributed by atoms with Crippen molar-refractivity contribution < 1.29 is 9.90 Å². The van der Waals surface area contributed by atoms with E-state index in [1.807, 2.05) is 32.9 Å². The number of aliphatic hydroxyl groups excluding tert-OH is 1. The van der Waals surface area contributed by atoms with Crippen molar-refractivity contribution in [1.29, 1.82) is 0 Å². The summed E-state index contributed by atoms with van der Waals surface area (Å²) in [5.74, 6) is 0.429. The molecule has 1 amide bonds. The summed E-state index contributed by atoms with van der Waals surface area (Å²) in [5.41, 5.74) is 1.72. The number of aliphatic hydroxyl groups is 1. The second-order valence-electron chi connectivity index (χ2n) is 8.40. The molecule has 2 fully saturated rings. The van der Waals surface area contributed by atoms with Crippen molar-refractivity contribution in [3.05, 3.63) is 44.7 Å². The van der Waals surface area contributed by atoms with Crippen LogP contribution in [0.15, 0.2) is 28.0 Å². The lowest BCUT2D eigenvalue weighted by Gasteiger charge is -2.35. The Morgan fingerprint density at radius 3 is 2.67 bits per heavy atom. The number of fused-ring (bicyclic) bond motifs is 1. The summed E-state index contributed by atoms with van der Waals surface area (Å²) in [6.07, 6.45) is 4.17. The number of β-amino-alcohol motifs (C(OH)–C–C–N with tert-alkyl or cyclic N) is 1. The molecule has 10 heteroatoms. The standard InChI is InChI=1S/C23H29N5O3S2/c1-4-16(3)28-22(31)18(33-23(28)32)14-17-20(26-10-8-25(9-11-26)12-13-29)24-19-15(2)6-5-7-27(19)21(17)30/h5-7,14,16,29H,4,8-13H2,1-3H3/b18-14+/t16-/m1/s1. The molecule has 0 aliphatic carbocycles. The predicted molar refractivity (Wildman–Crippen MR) is 137 cm³/mol. The molecule has 2 saturated heterocycles. The van der Waals surface area contributed by atoms with Crippen molar-refractivity contribution in [1.82, 2.24) is 19.2 Å². The predicted octanol–water partition coefficient (Wildman–Crippen LogP) is 2.12. The molecule has 0 radical (unpaired) electrons. The topological polar surface area (TPSA) is 81.4 Å². The molecule has 0 unspecified atom stereocenters. The number of thiocarbonyl (C=S) groups is 1. The van der Waals surface area contributed by atoms with E-state index in [4.69, 9.17) is 17.2 Å². The zero-order chi connectivity index (χ0) is 23.7. The Balaban J connectivity index is 1.80. The van der Waals surface area contributed by atoms with E-state index >= 15 is 0 Å². The third-order valence-corrected chi connectivity index (χ3v) is 7.61. The first-order valence-corrected chi connectivity index (χ1v) is 12.4. The summed E-state index contributed by atoms with van der Waals surface area (Å²) in [6.45, 7) is 9.58. The smallest absolute Gasteiger partial charge is 0.267 e. The summed E-state index contributed by atoms with van der Waals surface area (Å²) in [6, 6.07) is 3.76. The molecule has 176 valence electrons. The third kappa shape index (κ3) is 4.57. The number of carbonyl (C=O) groups is 1. The van der Waals surface area contributed by atoms with E-state index < -0.39 is 0 Å². The largest absolute Gasteiger partial charge is 0.395 e. The van der Waals surface area contributed by atoms with Gasteiger partial charge in [0.1, 0.15) is 15.8 Å². The second kappa shape index (κ2) is 9.92. The van der Waals surface area contributed by atoms with Crippen LogP contribution in [0, 0.1) is 6.92 Å². The van der Waals surface area contributed by atoms with Gasteiger partial charge in [-0.15, -0.1) is 0 Å². The van der Waals surface area contributed by atoms with E-state index in [2.05, 4.69) is 9.80 Å². The lowest BCUT2D eigenvalue weighted by molar-refractivity contribution is -0.123. The van der Waals surface area contributed by atoms with Gasteiger partial charge in [0.2, 0.25) is 0 Å². The zero-order valence-corrected chi connectivity index (χ0v) is 20.8. The van der Waals surface area contributed by atoms with Crippen molar-refractivity contribution in [3.63, 3.8) is 0 Å². The summed E-state index contributed by atoms with van der Waals surface area (Å²) >= 11 is 6.71. The molecule has 0 spiro atoms. The highest BCUT2D eigenvalue weighted by Gasteiger charge is 2.35. The van der Waals surface area contributed by atoms with Gasteiger partial charge < -0.3 is 10.0 Å². The SMILES string of the molecule is CC[C@@H](C)N1C(=O)/C(=C\c2c(N3CCN(CCO)CC3)nc3c(C)cccn3c2=O)SC1=S. The Hall–Kier alpha value is -2.27. The minimum Gasteiger partial charge on any atom is -0.395 e. The van der Waals surface area contributed by atoms with Gasteiger partial charge in [0.15, 0.2) is 0 Å². The van der Waals surface area contributed by atoms with Crippen LogP contribution in [0.2, 0.25) is 0 Å². The van der Waals surface area contributed by atoms with E-state index in [0.29, 0.717) is 45.9 Å². The average Bonchev–Trinajstić information content (AvgIpc) is 3.09. The van der Waals surface area contributed by atoms with Crippen LogP contribution >= 0.6 is 24.0 Å². The first-order valence-electron chi connectivity index (χ1n) is 11.2. The zero-order valence-electron chi connectivity index (χ0n) is 19.2. The van der Waals surface area contributed by atoms with Crippen LogP contribution in [0.5, 0.6) is 0 Å². The molecule has 8 nitrogen and oxygen atoms in total. The third-order valence-electron chi connectivity index (χ3n) is 6.28. The quantitative estimate of drug-likeness (QED) is 0.490. The van der Waals surface area contributed by atoms with Gasteiger partial charge in [0.05, 0.1) is 17.1 Å². The van der Waals surface area contributed by atoms with Crippen LogP contribution in [0.25, 0.3) is 11.7 Å². The Labute approximate surface area is 202 Å². The average molecular weight is 488 g/mol. The molecular weight excluding hydrogens is 458 g/mol. The molecule has 1 N–H and O–H groups in total. The van der Waals surface area contributed by atoms with Gasteiger partial charge in [0, 0.05) is 45.0 Å². The Bertz CT molecular complexity index is 1170. The number of piperazine rings is 1. The van der Waals surface area contributed by atoms with Crippen LogP contribution in [-0.4, -0.2) is 79.9 Å². The number of thioether (sulfide) groups is 1. The summed E-state index contributed by atoms with van der Waals surface area (Å²) in [5, 5.41) is 9.25. The molecule has 33 heavy (non-hydrogen) atoms. The van der Waals surface area contributed by atoms with Crippen molar-refractivity contribution in [3.8, 4) is 0 Å². The fourth-order valence-corrected chi connectivity index (χ4v) is 5.61. The van der Waals surface area contributed by atoms with Crippen LogP contribution < -0.4 is 10.5 Å². The van der Waals surface area contributed by atoms with Crippen LogP contribution in [0.3, 0.4) is 0 Å². The Morgan fingerprint density at radius 2 is 2.00 bits per heavy atom. The van der Waals surface area contributed by atoms with E-state index in [9.17, 15) is 14.7 Å². The number of anilines is 1. The first-order chi connectivity index (χ1) is 15.8. The van der Waals surface area contributed by atoms with Crippen molar-refractivity contribution in [2.75, 3.05) is 44.2 Å². The minimum atomic E-state index is -0.203.